The minimum Gasteiger partial charge on any atom is -0.472 e. The number of aliphatic hydroxyl groups is 1. The molecule has 128 valence electrons. The van der Waals surface area contributed by atoms with E-state index in [4.69, 9.17) is 21.4 Å². The minimum atomic E-state index is -0.307. The molecule has 0 radical (unpaired) electrons. The fraction of sp³-hybridized carbons (Fsp3) is 0.222. The quantitative estimate of drug-likeness (QED) is 0.755. The third-order valence-corrected chi connectivity index (χ3v) is 4.41. The van der Waals surface area contributed by atoms with Gasteiger partial charge in [0.1, 0.15) is 6.61 Å². The van der Waals surface area contributed by atoms with E-state index in [9.17, 15) is 4.79 Å². The Labute approximate surface area is 149 Å². The Kier molecular flexibility index (Phi) is 3.86. The summed E-state index contributed by atoms with van der Waals surface area (Å²) < 4.78 is 7.58. The van der Waals surface area contributed by atoms with Gasteiger partial charge in [-0.25, -0.2) is 0 Å². The molecule has 1 atom stereocenters. The predicted molar refractivity (Wildman–Crippen MR) is 94.4 cm³/mol. The van der Waals surface area contributed by atoms with Crippen molar-refractivity contribution < 1.29 is 14.6 Å². The number of aliphatic hydroxyl groups excluding tert-OH is 1. The zero-order valence-corrected chi connectivity index (χ0v) is 14.2. The second-order valence-corrected chi connectivity index (χ2v) is 6.50. The third-order valence-electron chi connectivity index (χ3n) is 4.18. The van der Waals surface area contributed by atoms with Gasteiger partial charge in [-0.15, -0.1) is 0 Å². The van der Waals surface area contributed by atoms with E-state index in [2.05, 4.69) is 10.4 Å². The van der Waals surface area contributed by atoms with E-state index in [0.717, 1.165) is 16.6 Å². The summed E-state index contributed by atoms with van der Waals surface area (Å²) in [4.78, 5) is 12.2. The lowest BCUT2D eigenvalue weighted by Crippen LogP contribution is -2.34. The van der Waals surface area contributed by atoms with Crippen LogP contribution >= 0.6 is 11.6 Å². The monoisotopic (exact) mass is 357 g/mol. The summed E-state index contributed by atoms with van der Waals surface area (Å²) in [6, 6.07) is 10.6. The van der Waals surface area contributed by atoms with Gasteiger partial charge in [-0.05, 0) is 43.3 Å². The number of carbonyl (C=O) groups excluding carboxylic acids is 1. The molecule has 0 spiro atoms. The van der Waals surface area contributed by atoms with E-state index in [1.807, 2.05) is 24.3 Å². The van der Waals surface area contributed by atoms with E-state index >= 15 is 0 Å². The van der Waals surface area contributed by atoms with Crippen LogP contribution in [-0.2, 0) is 6.61 Å². The average Bonchev–Trinajstić information content (AvgIpc) is 2.99. The lowest BCUT2D eigenvalue weighted by molar-refractivity contribution is 0.0922. The van der Waals surface area contributed by atoms with Gasteiger partial charge in [0.2, 0.25) is 5.88 Å². The average molecular weight is 358 g/mol. The van der Waals surface area contributed by atoms with E-state index in [-0.39, 0.29) is 18.6 Å². The SMILES string of the molecule is C[C@@H](CO)NC(=O)c1ccc2c3n(nc2c1)-c1ccc(Cl)cc1CO3. The maximum Gasteiger partial charge on any atom is 0.251 e. The highest BCUT2D eigenvalue weighted by Gasteiger charge is 2.22. The summed E-state index contributed by atoms with van der Waals surface area (Å²) in [7, 11) is 0. The summed E-state index contributed by atoms with van der Waals surface area (Å²) in [5.41, 5.74) is 3.03. The van der Waals surface area contributed by atoms with Crippen LogP contribution in [0.3, 0.4) is 0 Å². The summed E-state index contributed by atoms with van der Waals surface area (Å²) in [5.74, 6) is 0.406. The number of hydrogen-bond donors (Lipinski definition) is 2. The first kappa shape index (κ1) is 15.9. The van der Waals surface area contributed by atoms with Gasteiger partial charge in [-0.3, -0.25) is 4.79 Å². The van der Waals surface area contributed by atoms with Gasteiger partial charge in [-0.1, -0.05) is 11.6 Å². The van der Waals surface area contributed by atoms with Gasteiger partial charge in [0.15, 0.2) is 0 Å². The van der Waals surface area contributed by atoms with Gasteiger partial charge in [-0.2, -0.15) is 9.78 Å². The Balaban J connectivity index is 1.77. The highest BCUT2D eigenvalue weighted by atomic mass is 35.5. The van der Waals surface area contributed by atoms with Crippen molar-refractivity contribution in [2.45, 2.75) is 19.6 Å². The first-order valence-electron chi connectivity index (χ1n) is 7.93. The van der Waals surface area contributed by atoms with Gasteiger partial charge < -0.3 is 15.2 Å². The number of ether oxygens (including phenoxy) is 1. The van der Waals surface area contributed by atoms with Crippen molar-refractivity contribution in [3.63, 3.8) is 0 Å². The van der Waals surface area contributed by atoms with Crippen LogP contribution in [0.25, 0.3) is 16.6 Å². The Hall–Kier alpha value is -2.57. The number of nitrogens with zero attached hydrogens (tertiary/aromatic N) is 2. The van der Waals surface area contributed by atoms with E-state index in [1.165, 1.54) is 0 Å². The molecule has 0 fully saturated rings. The number of rotatable bonds is 3. The molecular weight excluding hydrogens is 342 g/mol. The molecule has 3 aromatic rings. The maximum absolute atomic E-state index is 12.2. The number of carbonyl (C=O) groups is 1. The van der Waals surface area contributed by atoms with Crippen LogP contribution in [0.1, 0.15) is 22.8 Å². The first-order chi connectivity index (χ1) is 12.1. The molecule has 0 saturated carbocycles. The summed E-state index contributed by atoms with van der Waals surface area (Å²) in [5, 5.41) is 17.9. The molecule has 2 heterocycles. The van der Waals surface area contributed by atoms with Gasteiger partial charge >= 0.3 is 0 Å². The molecule has 0 unspecified atom stereocenters. The number of hydrogen-bond acceptors (Lipinski definition) is 4. The Bertz CT molecular complexity index is 983. The third kappa shape index (κ3) is 2.73. The zero-order valence-electron chi connectivity index (χ0n) is 13.5. The fourth-order valence-electron chi connectivity index (χ4n) is 2.88. The number of benzene rings is 2. The van der Waals surface area contributed by atoms with Crippen molar-refractivity contribution in [1.82, 2.24) is 15.1 Å². The van der Waals surface area contributed by atoms with Crippen LogP contribution < -0.4 is 10.1 Å². The summed E-state index contributed by atoms with van der Waals surface area (Å²) in [6.07, 6.45) is 0. The smallest absolute Gasteiger partial charge is 0.251 e. The second kappa shape index (κ2) is 6.06. The lowest BCUT2D eigenvalue weighted by atomic mass is 10.1. The number of nitrogens with one attached hydrogen (secondary N) is 1. The summed E-state index contributed by atoms with van der Waals surface area (Å²) in [6.45, 7) is 2.05. The lowest BCUT2D eigenvalue weighted by Gasteiger charge is -2.19. The van der Waals surface area contributed by atoms with Crippen LogP contribution in [-0.4, -0.2) is 33.4 Å². The van der Waals surface area contributed by atoms with Gasteiger partial charge in [0.05, 0.1) is 23.2 Å². The molecule has 0 saturated heterocycles. The molecule has 25 heavy (non-hydrogen) atoms. The zero-order chi connectivity index (χ0) is 17.6. The van der Waals surface area contributed by atoms with Crippen LogP contribution in [0.5, 0.6) is 5.88 Å². The van der Waals surface area contributed by atoms with Crippen molar-refractivity contribution in [1.29, 1.82) is 0 Å². The molecule has 1 aromatic heterocycles. The molecule has 0 aliphatic carbocycles. The van der Waals surface area contributed by atoms with Crippen molar-refractivity contribution in [3.05, 3.63) is 52.5 Å². The van der Waals surface area contributed by atoms with Gasteiger partial charge in [0.25, 0.3) is 5.91 Å². The summed E-state index contributed by atoms with van der Waals surface area (Å²) >= 11 is 6.04. The van der Waals surface area contributed by atoms with E-state index < -0.39 is 0 Å². The highest BCUT2D eigenvalue weighted by Crippen LogP contribution is 2.35. The fourth-order valence-corrected chi connectivity index (χ4v) is 3.08. The topological polar surface area (TPSA) is 76.4 Å². The molecule has 1 aliphatic rings. The van der Waals surface area contributed by atoms with Crippen LogP contribution in [0, 0.1) is 0 Å². The molecule has 0 bridgehead atoms. The first-order valence-corrected chi connectivity index (χ1v) is 8.30. The van der Waals surface area contributed by atoms with E-state index in [0.29, 0.717) is 28.6 Å². The normalized spacial score (nSPS) is 13.7. The predicted octanol–water partition coefficient (Wildman–Crippen LogP) is 2.68. The van der Waals surface area contributed by atoms with Crippen molar-refractivity contribution in [2.24, 2.45) is 0 Å². The number of halogens is 1. The van der Waals surface area contributed by atoms with Crippen LogP contribution in [0.4, 0.5) is 0 Å². The van der Waals surface area contributed by atoms with E-state index in [1.54, 1.807) is 23.7 Å². The molecule has 1 aliphatic heterocycles. The van der Waals surface area contributed by atoms with Crippen LogP contribution in [0.15, 0.2) is 36.4 Å². The molecular formula is C18H16ClN3O3. The van der Waals surface area contributed by atoms with Crippen molar-refractivity contribution >= 4 is 28.4 Å². The maximum atomic E-state index is 12.2. The molecule has 2 N–H and O–H groups in total. The second-order valence-electron chi connectivity index (χ2n) is 6.07. The number of aromatic nitrogens is 2. The molecule has 4 rings (SSSR count). The highest BCUT2D eigenvalue weighted by molar-refractivity contribution is 6.30. The Morgan fingerprint density at radius 1 is 1.40 bits per heavy atom. The van der Waals surface area contributed by atoms with Crippen LogP contribution in [0.2, 0.25) is 5.02 Å². The minimum absolute atomic E-state index is 0.111. The Morgan fingerprint density at radius 2 is 2.24 bits per heavy atom. The number of fused-ring (bicyclic) bond motifs is 5. The molecule has 2 aromatic carbocycles. The van der Waals surface area contributed by atoms with Gasteiger partial charge in [0, 0.05) is 22.2 Å². The standard InChI is InChI=1S/C18H16ClN3O3/c1-10(8-23)20-17(24)11-2-4-14-15(7-11)21-22-16-5-3-13(19)6-12(16)9-25-18(14)22/h2-7,10,23H,8-9H2,1H3,(H,20,24)/t10-/m0/s1. The molecule has 6 nitrogen and oxygen atoms in total. The molecule has 1 amide bonds. The van der Waals surface area contributed by atoms with Crippen molar-refractivity contribution in [3.8, 4) is 11.6 Å². The van der Waals surface area contributed by atoms with Crippen molar-refractivity contribution in [2.75, 3.05) is 6.61 Å². The largest absolute Gasteiger partial charge is 0.472 e. The molecule has 7 heteroatoms. The number of amides is 1. The Morgan fingerprint density at radius 3 is 3.04 bits per heavy atom.